The molecule has 0 fully saturated rings. The molecule has 1 atom stereocenters. The maximum absolute atomic E-state index is 13.7. The lowest BCUT2D eigenvalue weighted by Crippen LogP contribution is -2.27. The number of benzene rings is 3. The Bertz CT molecular complexity index is 1170. The summed E-state index contributed by atoms with van der Waals surface area (Å²) < 4.78 is 18.2. The maximum atomic E-state index is 13.7. The predicted octanol–water partition coefficient (Wildman–Crippen LogP) is 6.23. The normalized spacial score (nSPS) is 15.2. The first-order valence-electron chi connectivity index (χ1n) is 10.2. The Hall–Kier alpha value is -2.84. The number of rotatable bonds is 6. The van der Waals surface area contributed by atoms with E-state index in [0.717, 1.165) is 25.8 Å². The summed E-state index contributed by atoms with van der Waals surface area (Å²) in [5.74, 6) is 1.00. The van der Waals surface area contributed by atoms with E-state index < -0.39 is 0 Å². The molecule has 1 amide bonds. The second-order valence-corrected chi connectivity index (χ2v) is 9.22. The summed E-state index contributed by atoms with van der Waals surface area (Å²) in [6, 6.07) is 18.9. The van der Waals surface area contributed by atoms with Gasteiger partial charge in [-0.1, -0.05) is 56.1 Å². The molecule has 0 aromatic heterocycles. The molecule has 0 saturated heterocycles. The van der Waals surface area contributed by atoms with Crippen molar-refractivity contribution in [3.05, 3.63) is 86.3 Å². The smallest absolute Gasteiger partial charge is 0.274 e. The van der Waals surface area contributed by atoms with E-state index in [1.807, 2.05) is 48.5 Å². The Kier molecular flexibility index (Phi) is 7.05. The second-order valence-electron chi connectivity index (χ2n) is 7.39. The maximum Gasteiger partial charge on any atom is 0.274 e. The first kappa shape index (κ1) is 23.3. The van der Waals surface area contributed by atoms with Crippen LogP contribution in [-0.2, 0) is 0 Å². The van der Waals surface area contributed by atoms with E-state index in [0.29, 0.717) is 29.2 Å². The van der Waals surface area contributed by atoms with E-state index in [-0.39, 0.29) is 11.9 Å². The number of carbonyl (C=O) groups is 1. The van der Waals surface area contributed by atoms with Crippen LogP contribution in [0.4, 0.5) is 0 Å². The molecule has 1 aliphatic rings. The SMILES string of the molecule is COc1cc(C(=O)N2N=C(c3ccc(Br)cc3)CC2c2ccc(Br)cc2)cc(OC)c1OC. The zero-order chi connectivity index (χ0) is 23.5. The fourth-order valence-corrected chi connectivity index (χ4v) is 4.32. The summed E-state index contributed by atoms with van der Waals surface area (Å²) in [6.45, 7) is 0. The fraction of sp³-hybridized carbons (Fsp3) is 0.200. The Morgan fingerprint density at radius 1 is 0.879 bits per heavy atom. The van der Waals surface area contributed by atoms with Crippen LogP contribution in [-0.4, -0.2) is 38.0 Å². The van der Waals surface area contributed by atoms with Crippen LogP contribution in [0.1, 0.15) is 33.9 Å². The average molecular weight is 574 g/mol. The molecular weight excluding hydrogens is 552 g/mol. The number of hydrazone groups is 1. The summed E-state index contributed by atoms with van der Waals surface area (Å²) in [4.78, 5) is 13.7. The average Bonchev–Trinajstić information content (AvgIpc) is 3.28. The van der Waals surface area contributed by atoms with Crippen molar-refractivity contribution in [2.45, 2.75) is 12.5 Å². The highest BCUT2D eigenvalue weighted by Crippen LogP contribution is 2.40. The van der Waals surface area contributed by atoms with Gasteiger partial charge in [0.2, 0.25) is 5.75 Å². The Labute approximate surface area is 209 Å². The fourth-order valence-electron chi connectivity index (χ4n) is 3.80. The standard InChI is InChI=1S/C25H22Br2N2O4/c1-31-22-12-17(13-23(32-2)24(22)33-3)25(30)29-21(16-6-10-19(27)11-7-16)14-20(28-29)15-4-8-18(26)9-5-15/h4-13,21H,14H2,1-3H3. The largest absolute Gasteiger partial charge is 0.493 e. The molecule has 0 radical (unpaired) electrons. The number of hydrogen-bond donors (Lipinski definition) is 0. The van der Waals surface area contributed by atoms with Crippen LogP contribution in [0.25, 0.3) is 0 Å². The van der Waals surface area contributed by atoms with Gasteiger partial charge in [-0.3, -0.25) is 4.79 Å². The van der Waals surface area contributed by atoms with Crippen molar-refractivity contribution in [3.63, 3.8) is 0 Å². The van der Waals surface area contributed by atoms with Crippen molar-refractivity contribution in [1.82, 2.24) is 5.01 Å². The van der Waals surface area contributed by atoms with Crippen LogP contribution >= 0.6 is 31.9 Å². The van der Waals surface area contributed by atoms with E-state index in [1.54, 1.807) is 17.1 Å². The van der Waals surface area contributed by atoms with Gasteiger partial charge in [0.25, 0.3) is 5.91 Å². The Balaban J connectivity index is 1.77. The molecule has 0 aliphatic carbocycles. The zero-order valence-electron chi connectivity index (χ0n) is 18.3. The molecule has 1 aliphatic heterocycles. The number of amides is 1. The van der Waals surface area contributed by atoms with Crippen LogP contribution < -0.4 is 14.2 Å². The third-order valence-electron chi connectivity index (χ3n) is 5.46. The van der Waals surface area contributed by atoms with Crippen molar-refractivity contribution in [1.29, 1.82) is 0 Å². The lowest BCUT2D eigenvalue weighted by atomic mass is 9.98. The minimum Gasteiger partial charge on any atom is -0.493 e. The van der Waals surface area contributed by atoms with Gasteiger partial charge in [-0.15, -0.1) is 0 Å². The van der Waals surface area contributed by atoms with Crippen LogP contribution in [0.2, 0.25) is 0 Å². The van der Waals surface area contributed by atoms with Gasteiger partial charge >= 0.3 is 0 Å². The third kappa shape index (κ3) is 4.77. The highest BCUT2D eigenvalue weighted by Gasteiger charge is 2.34. The highest BCUT2D eigenvalue weighted by atomic mass is 79.9. The minimum absolute atomic E-state index is 0.247. The summed E-state index contributed by atoms with van der Waals surface area (Å²) in [6.07, 6.45) is 0.597. The zero-order valence-corrected chi connectivity index (χ0v) is 21.5. The molecular formula is C25H22Br2N2O4. The molecule has 4 rings (SSSR count). The van der Waals surface area contributed by atoms with Gasteiger partial charge in [0.15, 0.2) is 11.5 Å². The lowest BCUT2D eigenvalue weighted by Gasteiger charge is -2.23. The van der Waals surface area contributed by atoms with Crippen molar-refractivity contribution in [2.75, 3.05) is 21.3 Å². The van der Waals surface area contributed by atoms with E-state index in [4.69, 9.17) is 19.3 Å². The minimum atomic E-state index is -0.255. The third-order valence-corrected chi connectivity index (χ3v) is 6.52. The topological polar surface area (TPSA) is 60.4 Å². The molecule has 0 spiro atoms. The number of ether oxygens (including phenoxy) is 3. The van der Waals surface area contributed by atoms with Gasteiger partial charge in [0.1, 0.15) is 0 Å². The summed E-state index contributed by atoms with van der Waals surface area (Å²) in [5.41, 5.74) is 3.21. The molecule has 0 bridgehead atoms. The summed E-state index contributed by atoms with van der Waals surface area (Å²) in [7, 11) is 4.58. The molecule has 3 aromatic rings. The van der Waals surface area contributed by atoms with Crippen LogP contribution in [0.3, 0.4) is 0 Å². The molecule has 0 N–H and O–H groups in total. The predicted molar refractivity (Wildman–Crippen MR) is 134 cm³/mol. The van der Waals surface area contributed by atoms with Crippen LogP contribution in [0.15, 0.2) is 74.7 Å². The number of hydrogen-bond acceptors (Lipinski definition) is 5. The first-order chi connectivity index (χ1) is 15.9. The van der Waals surface area contributed by atoms with E-state index in [9.17, 15) is 4.79 Å². The van der Waals surface area contributed by atoms with Gasteiger partial charge in [0.05, 0.1) is 33.1 Å². The lowest BCUT2D eigenvalue weighted by molar-refractivity contribution is 0.0710. The molecule has 3 aromatic carbocycles. The Morgan fingerprint density at radius 2 is 1.42 bits per heavy atom. The van der Waals surface area contributed by atoms with Gasteiger partial charge in [0, 0.05) is 20.9 Å². The van der Waals surface area contributed by atoms with Gasteiger partial charge < -0.3 is 14.2 Å². The number of halogens is 2. The molecule has 0 saturated carbocycles. The molecule has 1 heterocycles. The molecule has 170 valence electrons. The van der Waals surface area contributed by atoms with Crippen molar-refractivity contribution >= 4 is 43.5 Å². The van der Waals surface area contributed by atoms with Crippen molar-refractivity contribution < 1.29 is 19.0 Å². The monoisotopic (exact) mass is 572 g/mol. The summed E-state index contributed by atoms with van der Waals surface area (Å²) in [5, 5.41) is 6.30. The van der Waals surface area contributed by atoms with Gasteiger partial charge in [-0.2, -0.15) is 5.10 Å². The second kappa shape index (κ2) is 9.97. The quantitative estimate of drug-likeness (QED) is 0.351. The molecule has 8 heteroatoms. The molecule has 1 unspecified atom stereocenters. The number of nitrogens with zero attached hydrogens (tertiary/aromatic N) is 2. The van der Waals surface area contributed by atoms with E-state index in [2.05, 4.69) is 31.9 Å². The van der Waals surface area contributed by atoms with Crippen LogP contribution in [0.5, 0.6) is 17.2 Å². The van der Waals surface area contributed by atoms with Crippen molar-refractivity contribution in [2.24, 2.45) is 5.10 Å². The molecule has 6 nitrogen and oxygen atoms in total. The van der Waals surface area contributed by atoms with Crippen molar-refractivity contribution in [3.8, 4) is 17.2 Å². The highest BCUT2D eigenvalue weighted by molar-refractivity contribution is 9.10. The van der Waals surface area contributed by atoms with E-state index in [1.165, 1.54) is 21.3 Å². The number of carbonyl (C=O) groups excluding carboxylic acids is 1. The molecule has 33 heavy (non-hydrogen) atoms. The summed E-state index contributed by atoms with van der Waals surface area (Å²) >= 11 is 6.95. The van der Waals surface area contributed by atoms with E-state index >= 15 is 0 Å². The van der Waals surface area contributed by atoms with Crippen LogP contribution in [0, 0.1) is 0 Å². The van der Waals surface area contributed by atoms with Gasteiger partial charge in [-0.05, 0) is 47.5 Å². The first-order valence-corrected chi connectivity index (χ1v) is 11.8. The Morgan fingerprint density at radius 3 is 1.94 bits per heavy atom. The number of methoxy groups -OCH3 is 3. The van der Waals surface area contributed by atoms with Gasteiger partial charge in [-0.25, -0.2) is 5.01 Å².